The first kappa shape index (κ1) is 9.91. The van der Waals surface area contributed by atoms with Gasteiger partial charge in [-0.25, -0.2) is 0 Å². The van der Waals surface area contributed by atoms with Crippen molar-refractivity contribution in [2.45, 2.75) is 13.3 Å². The number of hydrogen-bond acceptors (Lipinski definition) is 1. The summed E-state index contributed by atoms with van der Waals surface area (Å²) in [6.45, 7) is 5.50. The molecule has 2 rings (SSSR count). The van der Waals surface area contributed by atoms with Gasteiger partial charge < -0.3 is 0 Å². The van der Waals surface area contributed by atoms with E-state index in [1.165, 1.54) is 5.39 Å². The highest BCUT2D eigenvalue weighted by atomic mass is 16.1. The van der Waals surface area contributed by atoms with Crippen molar-refractivity contribution >= 4 is 16.6 Å². The molecule has 1 heteroatoms. The van der Waals surface area contributed by atoms with Crippen LogP contribution in [0.2, 0.25) is 0 Å². The molecule has 0 aliphatic heterocycles. The average Bonchev–Trinajstić information content (AvgIpc) is 2.27. The van der Waals surface area contributed by atoms with E-state index in [9.17, 15) is 4.79 Å². The summed E-state index contributed by atoms with van der Waals surface area (Å²) in [6, 6.07) is 12.0. The van der Waals surface area contributed by atoms with E-state index in [-0.39, 0.29) is 5.78 Å². The zero-order valence-corrected chi connectivity index (χ0v) is 8.79. The fraction of sp³-hybridized carbons (Fsp3) is 0.143. The Kier molecular flexibility index (Phi) is 2.55. The lowest BCUT2D eigenvalue weighted by molar-refractivity contribution is 0.101. The molecule has 2 aromatic rings. The van der Waals surface area contributed by atoms with Crippen molar-refractivity contribution in [3.05, 3.63) is 54.4 Å². The Morgan fingerprint density at radius 2 is 1.93 bits per heavy atom. The average molecular weight is 197 g/mol. The number of hydrogen-bond donors (Lipinski definition) is 0. The molecule has 0 fully saturated rings. The van der Waals surface area contributed by atoms with E-state index in [0.29, 0.717) is 6.42 Å². The summed E-state index contributed by atoms with van der Waals surface area (Å²) in [5, 5.41) is 2.31. The molecule has 0 atom stereocenters. The first-order valence-corrected chi connectivity index (χ1v) is 5.05. The third-order valence-electron chi connectivity index (χ3n) is 2.67. The number of Topliss-reactive ketones (excluding diaryl/α,β-unsaturated/α-hetero) is 1. The van der Waals surface area contributed by atoms with Gasteiger partial charge in [-0.05, 0) is 36.6 Å². The summed E-state index contributed by atoms with van der Waals surface area (Å²) in [7, 11) is 0. The van der Waals surface area contributed by atoms with Crippen LogP contribution in [0.15, 0.2) is 36.4 Å². The van der Waals surface area contributed by atoms with Crippen molar-refractivity contribution in [3.63, 3.8) is 0 Å². The SMILES string of the molecule is [CH2]Cc1c(C(C)=O)ccc2ccccc12. The maximum Gasteiger partial charge on any atom is 0.160 e. The van der Waals surface area contributed by atoms with Crippen LogP contribution in [0.25, 0.3) is 10.8 Å². The summed E-state index contributed by atoms with van der Waals surface area (Å²) in [6.07, 6.45) is 0.649. The topological polar surface area (TPSA) is 17.1 Å². The van der Waals surface area contributed by atoms with Gasteiger partial charge in [0.25, 0.3) is 0 Å². The summed E-state index contributed by atoms with van der Waals surface area (Å²) < 4.78 is 0. The zero-order valence-electron chi connectivity index (χ0n) is 8.79. The van der Waals surface area contributed by atoms with Gasteiger partial charge in [0.1, 0.15) is 0 Å². The van der Waals surface area contributed by atoms with E-state index in [1.807, 2.05) is 30.3 Å². The highest BCUT2D eigenvalue weighted by Crippen LogP contribution is 2.23. The molecular formula is C14H13O. The van der Waals surface area contributed by atoms with Gasteiger partial charge in [-0.2, -0.15) is 0 Å². The predicted molar refractivity (Wildman–Crippen MR) is 63.0 cm³/mol. The number of carbonyl (C=O) groups is 1. The van der Waals surface area contributed by atoms with Crippen molar-refractivity contribution in [2.75, 3.05) is 0 Å². The van der Waals surface area contributed by atoms with Crippen LogP contribution in [0.5, 0.6) is 0 Å². The standard InChI is InChI=1S/C14H13O/c1-3-12-13(10(2)15)9-8-11-6-4-5-7-14(11)12/h4-9H,1,3H2,2H3. The van der Waals surface area contributed by atoms with Crippen LogP contribution < -0.4 is 0 Å². The molecule has 2 aromatic carbocycles. The van der Waals surface area contributed by atoms with E-state index in [1.54, 1.807) is 6.92 Å². The van der Waals surface area contributed by atoms with E-state index in [2.05, 4.69) is 13.0 Å². The van der Waals surface area contributed by atoms with E-state index in [4.69, 9.17) is 0 Å². The molecule has 75 valence electrons. The van der Waals surface area contributed by atoms with Crippen molar-refractivity contribution in [3.8, 4) is 0 Å². The molecular weight excluding hydrogens is 184 g/mol. The highest BCUT2D eigenvalue weighted by Gasteiger charge is 2.08. The molecule has 0 bridgehead atoms. The summed E-state index contributed by atoms with van der Waals surface area (Å²) in [5.41, 5.74) is 1.85. The normalized spacial score (nSPS) is 10.5. The minimum atomic E-state index is 0.111. The second kappa shape index (κ2) is 3.85. The lowest BCUT2D eigenvalue weighted by Gasteiger charge is -2.08. The van der Waals surface area contributed by atoms with Crippen LogP contribution in [0.3, 0.4) is 0 Å². The quantitative estimate of drug-likeness (QED) is 0.674. The molecule has 0 spiro atoms. The van der Waals surface area contributed by atoms with Gasteiger partial charge in [-0.3, -0.25) is 4.79 Å². The highest BCUT2D eigenvalue weighted by molar-refractivity contribution is 6.01. The van der Waals surface area contributed by atoms with Gasteiger partial charge >= 0.3 is 0 Å². The van der Waals surface area contributed by atoms with Gasteiger partial charge in [-0.15, -0.1) is 0 Å². The van der Waals surface area contributed by atoms with Crippen LogP contribution >= 0.6 is 0 Å². The number of carbonyl (C=O) groups excluding carboxylic acids is 1. The minimum Gasteiger partial charge on any atom is -0.295 e. The lowest BCUT2D eigenvalue weighted by atomic mass is 9.95. The van der Waals surface area contributed by atoms with Crippen LogP contribution in [0, 0.1) is 6.92 Å². The fourth-order valence-electron chi connectivity index (χ4n) is 1.94. The molecule has 0 aliphatic carbocycles. The van der Waals surface area contributed by atoms with E-state index < -0.39 is 0 Å². The van der Waals surface area contributed by atoms with E-state index >= 15 is 0 Å². The van der Waals surface area contributed by atoms with Crippen LogP contribution in [0.1, 0.15) is 22.8 Å². The Hall–Kier alpha value is -1.63. The van der Waals surface area contributed by atoms with Crippen LogP contribution in [0.4, 0.5) is 0 Å². The molecule has 1 radical (unpaired) electrons. The molecule has 0 saturated heterocycles. The molecule has 15 heavy (non-hydrogen) atoms. The maximum atomic E-state index is 11.4. The first-order valence-electron chi connectivity index (χ1n) is 5.05. The number of fused-ring (bicyclic) bond motifs is 1. The van der Waals surface area contributed by atoms with Crippen LogP contribution in [-0.2, 0) is 6.42 Å². The summed E-state index contributed by atoms with van der Waals surface area (Å²) in [4.78, 5) is 11.4. The maximum absolute atomic E-state index is 11.4. The fourth-order valence-corrected chi connectivity index (χ4v) is 1.94. The van der Waals surface area contributed by atoms with Crippen molar-refractivity contribution in [1.82, 2.24) is 0 Å². The molecule has 0 saturated carbocycles. The van der Waals surface area contributed by atoms with Gasteiger partial charge in [0, 0.05) is 5.56 Å². The Labute approximate surface area is 89.7 Å². The first-order chi connectivity index (χ1) is 7.24. The molecule has 1 nitrogen and oxygen atoms in total. The van der Waals surface area contributed by atoms with Crippen molar-refractivity contribution < 1.29 is 4.79 Å². The zero-order chi connectivity index (χ0) is 10.8. The second-order valence-corrected chi connectivity index (χ2v) is 3.62. The third kappa shape index (κ3) is 1.65. The number of benzene rings is 2. The lowest BCUT2D eigenvalue weighted by Crippen LogP contribution is -1.99. The Morgan fingerprint density at radius 3 is 2.60 bits per heavy atom. The Bertz CT molecular complexity index is 512. The van der Waals surface area contributed by atoms with Crippen molar-refractivity contribution in [1.29, 1.82) is 0 Å². The second-order valence-electron chi connectivity index (χ2n) is 3.62. The molecule has 0 aromatic heterocycles. The van der Waals surface area contributed by atoms with Gasteiger partial charge in [0.15, 0.2) is 5.78 Å². The van der Waals surface area contributed by atoms with Gasteiger partial charge in [0.2, 0.25) is 0 Å². The molecule has 0 heterocycles. The molecule has 0 unspecified atom stereocenters. The molecule has 0 N–H and O–H groups in total. The van der Waals surface area contributed by atoms with Crippen molar-refractivity contribution in [2.24, 2.45) is 0 Å². The largest absolute Gasteiger partial charge is 0.295 e. The molecule has 0 aliphatic rings. The molecule has 0 amide bonds. The summed E-state index contributed by atoms with van der Waals surface area (Å²) >= 11 is 0. The van der Waals surface area contributed by atoms with Gasteiger partial charge in [0.05, 0.1) is 0 Å². The van der Waals surface area contributed by atoms with Crippen LogP contribution in [-0.4, -0.2) is 5.78 Å². The van der Waals surface area contributed by atoms with E-state index in [0.717, 1.165) is 16.5 Å². The smallest absolute Gasteiger partial charge is 0.160 e. The van der Waals surface area contributed by atoms with Gasteiger partial charge in [-0.1, -0.05) is 36.4 Å². The number of rotatable bonds is 2. The Morgan fingerprint density at radius 1 is 1.20 bits per heavy atom. The minimum absolute atomic E-state index is 0.111. The monoisotopic (exact) mass is 197 g/mol. The third-order valence-corrected chi connectivity index (χ3v) is 2.67. The summed E-state index contributed by atoms with van der Waals surface area (Å²) in [5.74, 6) is 0.111. The number of ketones is 1. The predicted octanol–water partition coefficient (Wildman–Crippen LogP) is 3.42. The Balaban J connectivity index is 2.81.